The summed E-state index contributed by atoms with van der Waals surface area (Å²) >= 11 is 0. The lowest BCUT2D eigenvalue weighted by Gasteiger charge is -2.29. The van der Waals surface area contributed by atoms with Gasteiger partial charge in [-0.25, -0.2) is 4.90 Å². The molecule has 1 saturated carbocycles. The van der Waals surface area contributed by atoms with Gasteiger partial charge in [0.2, 0.25) is 6.34 Å². The average Bonchev–Trinajstić information content (AvgIpc) is 3.27. The molecule has 2 aliphatic rings. The topological polar surface area (TPSA) is 6.25 Å². The third-order valence-electron chi connectivity index (χ3n) is 7.25. The zero-order valence-electron chi connectivity index (χ0n) is 19.2. The fourth-order valence-electron chi connectivity index (χ4n) is 5.76. The number of hydrogen-bond donors (Lipinski definition) is 0. The van der Waals surface area contributed by atoms with Crippen LogP contribution in [0.1, 0.15) is 74.2 Å². The third kappa shape index (κ3) is 4.11. The third-order valence-corrected chi connectivity index (χ3v) is 7.25. The van der Waals surface area contributed by atoms with Crippen LogP contribution in [0.3, 0.4) is 0 Å². The van der Waals surface area contributed by atoms with E-state index in [-0.39, 0.29) is 6.04 Å². The number of nitrogens with zero attached hydrogens (tertiary/aromatic N) is 2. The molecule has 0 bridgehead atoms. The van der Waals surface area contributed by atoms with Gasteiger partial charge < -0.3 is 0 Å². The summed E-state index contributed by atoms with van der Waals surface area (Å²) < 4.78 is 2.72. The quantitative estimate of drug-likeness (QED) is 0.377. The van der Waals surface area contributed by atoms with Crippen molar-refractivity contribution in [3.8, 4) is 0 Å². The van der Waals surface area contributed by atoms with E-state index in [0.717, 1.165) is 12.8 Å². The van der Waals surface area contributed by atoms with Crippen molar-refractivity contribution in [3.63, 3.8) is 0 Å². The van der Waals surface area contributed by atoms with Gasteiger partial charge in [-0.2, -0.15) is 0 Å². The molecular weight excluding hydrogens is 388 g/mol. The molecule has 0 saturated heterocycles. The van der Waals surface area contributed by atoms with Crippen molar-refractivity contribution in [2.24, 2.45) is 0 Å². The zero-order valence-corrected chi connectivity index (χ0v) is 19.2. The molecule has 1 aliphatic heterocycles. The van der Waals surface area contributed by atoms with Crippen molar-refractivity contribution >= 4 is 12.0 Å². The van der Waals surface area contributed by atoms with Gasteiger partial charge in [-0.1, -0.05) is 98.6 Å². The van der Waals surface area contributed by atoms with E-state index in [1.165, 1.54) is 54.5 Å². The van der Waals surface area contributed by atoms with E-state index in [9.17, 15) is 0 Å². The van der Waals surface area contributed by atoms with Crippen LogP contribution in [-0.2, 0) is 6.42 Å². The summed E-state index contributed by atoms with van der Waals surface area (Å²) in [6.45, 7) is 2.28. The van der Waals surface area contributed by atoms with Crippen molar-refractivity contribution in [1.29, 1.82) is 0 Å². The second-order valence-corrected chi connectivity index (χ2v) is 9.35. The Bertz CT molecular complexity index is 1030. The second-order valence-electron chi connectivity index (χ2n) is 9.35. The zero-order chi connectivity index (χ0) is 21.8. The molecule has 2 heteroatoms. The minimum atomic E-state index is 0.263. The van der Waals surface area contributed by atoms with Crippen molar-refractivity contribution < 1.29 is 4.58 Å². The predicted octanol–water partition coefficient (Wildman–Crippen LogP) is 7.32. The number of aryl methyl sites for hydroxylation is 1. The first-order valence-corrected chi connectivity index (χ1v) is 12.5. The molecule has 2 nitrogen and oxygen atoms in total. The van der Waals surface area contributed by atoms with Crippen molar-refractivity contribution in [2.75, 3.05) is 4.90 Å². The maximum Gasteiger partial charge on any atom is 0.240 e. The standard InChI is InChI=1S/C30H35N2/c1-2-14-24-15-12-13-22-28(24)32-23-31(27-20-10-5-11-21-27)29(25-16-6-3-7-17-25)30(32)26-18-8-4-9-19-26/h3-4,6-9,12-13,15-19,22-23,27,29-30H,2,5,10-11,14,20-21H2,1H3/q+1/t29-,30+/m1/s1. The number of para-hydroxylation sites is 1. The summed E-state index contributed by atoms with van der Waals surface area (Å²) in [5.41, 5.74) is 5.62. The normalized spacial score (nSPS) is 21.5. The molecule has 2 atom stereocenters. The Labute approximate surface area is 193 Å². The molecule has 1 heterocycles. The number of rotatable bonds is 6. The van der Waals surface area contributed by atoms with Crippen LogP contribution in [0.5, 0.6) is 0 Å². The molecule has 3 aromatic rings. The Hall–Kier alpha value is -2.87. The van der Waals surface area contributed by atoms with Crippen LogP contribution in [0.25, 0.3) is 0 Å². The highest BCUT2D eigenvalue weighted by Gasteiger charge is 2.47. The van der Waals surface area contributed by atoms with Crippen LogP contribution in [0, 0.1) is 0 Å². The van der Waals surface area contributed by atoms with E-state index in [0.29, 0.717) is 12.1 Å². The molecule has 32 heavy (non-hydrogen) atoms. The van der Waals surface area contributed by atoms with Gasteiger partial charge in [0.15, 0.2) is 12.1 Å². The molecule has 0 aromatic heterocycles. The maximum absolute atomic E-state index is 2.72. The van der Waals surface area contributed by atoms with E-state index in [1.54, 1.807) is 0 Å². The van der Waals surface area contributed by atoms with Crippen molar-refractivity contribution in [1.82, 2.24) is 0 Å². The van der Waals surface area contributed by atoms with Crippen LogP contribution < -0.4 is 4.90 Å². The predicted molar refractivity (Wildman–Crippen MR) is 134 cm³/mol. The molecule has 0 amide bonds. The summed E-state index contributed by atoms with van der Waals surface area (Å²) in [6.07, 6.45) is 11.4. The van der Waals surface area contributed by atoms with Crippen LogP contribution in [0.4, 0.5) is 5.69 Å². The first-order chi connectivity index (χ1) is 15.9. The van der Waals surface area contributed by atoms with Crippen LogP contribution in [0.2, 0.25) is 0 Å². The Balaban J connectivity index is 1.67. The van der Waals surface area contributed by atoms with Crippen LogP contribution in [0.15, 0.2) is 84.9 Å². The first-order valence-electron chi connectivity index (χ1n) is 12.5. The van der Waals surface area contributed by atoms with E-state index >= 15 is 0 Å². The van der Waals surface area contributed by atoms with Crippen molar-refractivity contribution in [2.45, 2.75) is 70.0 Å². The molecule has 164 valence electrons. The smallest absolute Gasteiger partial charge is 0.240 e. The number of anilines is 1. The van der Waals surface area contributed by atoms with Gasteiger partial charge in [-0.05, 0) is 43.7 Å². The molecule has 1 aliphatic carbocycles. The summed E-state index contributed by atoms with van der Waals surface area (Å²) in [4.78, 5) is 2.59. The molecular formula is C30H35N2+. The van der Waals surface area contributed by atoms with Gasteiger partial charge in [0, 0.05) is 11.1 Å². The van der Waals surface area contributed by atoms with Gasteiger partial charge in [-0.3, -0.25) is 4.58 Å². The van der Waals surface area contributed by atoms with E-state index in [4.69, 9.17) is 0 Å². The molecule has 5 rings (SSSR count). The minimum Gasteiger partial charge on any atom is -0.254 e. The van der Waals surface area contributed by atoms with E-state index < -0.39 is 0 Å². The summed E-state index contributed by atoms with van der Waals surface area (Å²) in [6, 6.07) is 32.5. The summed E-state index contributed by atoms with van der Waals surface area (Å²) in [5, 5.41) is 0. The number of benzene rings is 3. The lowest BCUT2D eigenvalue weighted by atomic mass is 9.89. The van der Waals surface area contributed by atoms with Gasteiger partial charge in [0.1, 0.15) is 5.69 Å². The molecule has 1 fully saturated rings. The number of hydrogen-bond acceptors (Lipinski definition) is 1. The Morgan fingerprint density at radius 1 is 0.750 bits per heavy atom. The maximum atomic E-state index is 2.72. The lowest BCUT2D eigenvalue weighted by molar-refractivity contribution is -0.602. The Kier molecular flexibility index (Phi) is 6.39. The first kappa shape index (κ1) is 21.0. The van der Waals surface area contributed by atoms with E-state index in [2.05, 4.69) is 108 Å². The van der Waals surface area contributed by atoms with Crippen LogP contribution >= 0.6 is 0 Å². The monoisotopic (exact) mass is 423 g/mol. The molecule has 0 N–H and O–H groups in total. The highest BCUT2D eigenvalue weighted by atomic mass is 15.3. The SMILES string of the molecule is CCCc1ccccc1N1C=[N+](C2CCCCC2)[C@H](c2ccccc2)[C@@H]1c1ccccc1. The highest BCUT2D eigenvalue weighted by molar-refractivity contribution is 5.81. The fraction of sp³-hybridized carbons (Fsp3) is 0.367. The average molecular weight is 424 g/mol. The Morgan fingerprint density at radius 3 is 2.06 bits per heavy atom. The lowest BCUT2D eigenvalue weighted by Crippen LogP contribution is -2.31. The van der Waals surface area contributed by atoms with Gasteiger partial charge in [0.25, 0.3) is 0 Å². The molecule has 0 unspecified atom stereocenters. The second kappa shape index (κ2) is 9.73. The van der Waals surface area contributed by atoms with Crippen molar-refractivity contribution in [3.05, 3.63) is 102 Å². The van der Waals surface area contributed by atoms with Crippen LogP contribution in [-0.4, -0.2) is 17.0 Å². The highest BCUT2D eigenvalue weighted by Crippen LogP contribution is 2.45. The molecule has 0 spiro atoms. The minimum absolute atomic E-state index is 0.263. The van der Waals surface area contributed by atoms with Gasteiger partial charge in [0.05, 0.1) is 6.04 Å². The molecule has 0 radical (unpaired) electrons. The van der Waals surface area contributed by atoms with E-state index in [1.807, 2.05) is 0 Å². The summed E-state index contributed by atoms with van der Waals surface area (Å²) in [5.74, 6) is 0. The summed E-state index contributed by atoms with van der Waals surface area (Å²) in [7, 11) is 0. The van der Waals surface area contributed by atoms with Gasteiger partial charge >= 0.3 is 0 Å². The van der Waals surface area contributed by atoms with Gasteiger partial charge in [-0.15, -0.1) is 0 Å². The molecule has 3 aromatic carbocycles. The fourth-order valence-corrected chi connectivity index (χ4v) is 5.76. The Morgan fingerprint density at radius 2 is 1.38 bits per heavy atom. The largest absolute Gasteiger partial charge is 0.254 e.